The van der Waals surface area contributed by atoms with Crippen LogP contribution in [0, 0.1) is 0 Å². The normalized spacial score (nSPS) is 11.9. The van der Waals surface area contributed by atoms with Gasteiger partial charge in [0.1, 0.15) is 24.1 Å². The van der Waals surface area contributed by atoms with Crippen molar-refractivity contribution >= 4 is 5.97 Å². The number of aliphatic carboxylic acids is 1. The van der Waals surface area contributed by atoms with Crippen molar-refractivity contribution in [1.82, 2.24) is 0 Å². The Labute approximate surface area is 93.8 Å². The van der Waals surface area contributed by atoms with E-state index in [2.05, 4.69) is 0 Å². The molecule has 5 heteroatoms. The van der Waals surface area contributed by atoms with Crippen LogP contribution in [0.1, 0.15) is 6.92 Å². The van der Waals surface area contributed by atoms with Gasteiger partial charge in [-0.15, -0.1) is 0 Å². The van der Waals surface area contributed by atoms with Gasteiger partial charge in [-0.3, -0.25) is 4.79 Å². The molecule has 0 amide bonds. The van der Waals surface area contributed by atoms with Gasteiger partial charge in [-0.25, -0.2) is 0 Å². The quantitative estimate of drug-likeness (QED) is 0.750. The lowest BCUT2D eigenvalue weighted by Gasteiger charge is -2.09. The molecule has 16 heavy (non-hydrogen) atoms. The summed E-state index contributed by atoms with van der Waals surface area (Å²) in [5.74, 6) is 0.239. The van der Waals surface area contributed by atoms with Gasteiger partial charge in [0.2, 0.25) is 0 Å². The van der Waals surface area contributed by atoms with Crippen LogP contribution in [0.2, 0.25) is 0 Å². The summed E-state index contributed by atoms with van der Waals surface area (Å²) in [4.78, 5) is 10.4. The summed E-state index contributed by atoms with van der Waals surface area (Å²) in [7, 11) is 0. The van der Waals surface area contributed by atoms with Gasteiger partial charge in [-0.2, -0.15) is 0 Å². The third-order valence-corrected chi connectivity index (χ3v) is 1.88. The zero-order valence-electron chi connectivity index (χ0n) is 9.05. The van der Waals surface area contributed by atoms with Gasteiger partial charge < -0.3 is 20.3 Å². The van der Waals surface area contributed by atoms with Crippen molar-refractivity contribution in [3.63, 3.8) is 0 Å². The summed E-state index contributed by atoms with van der Waals surface area (Å²) in [5.41, 5.74) is 5.29. The molecule has 88 valence electrons. The van der Waals surface area contributed by atoms with E-state index < -0.39 is 12.0 Å². The van der Waals surface area contributed by atoms with Crippen LogP contribution in [0.15, 0.2) is 24.3 Å². The molecule has 0 aromatic heterocycles. The van der Waals surface area contributed by atoms with Crippen LogP contribution >= 0.6 is 0 Å². The Hall–Kier alpha value is -1.75. The summed E-state index contributed by atoms with van der Waals surface area (Å²) >= 11 is 0. The van der Waals surface area contributed by atoms with Gasteiger partial charge in [0.15, 0.2) is 0 Å². The van der Waals surface area contributed by atoms with Gasteiger partial charge >= 0.3 is 5.97 Å². The average molecular weight is 225 g/mol. The molecular weight excluding hydrogens is 210 g/mol. The van der Waals surface area contributed by atoms with Crippen molar-refractivity contribution in [3.8, 4) is 11.5 Å². The number of benzene rings is 1. The second kappa shape index (κ2) is 5.97. The highest BCUT2D eigenvalue weighted by molar-refractivity contribution is 5.73. The SMILES string of the molecule is CCOc1ccc(OC[C@H](N)C(=O)O)cc1. The van der Waals surface area contributed by atoms with E-state index in [1.807, 2.05) is 6.92 Å². The van der Waals surface area contributed by atoms with Gasteiger partial charge in [0.05, 0.1) is 6.61 Å². The van der Waals surface area contributed by atoms with Gasteiger partial charge in [0.25, 0.3) is 0 Å². The minimum Gasteiger partial charge on any atom is -0.494 e. The third-order valence-electron chi connectivity index (χ3n) is 1.88. The summed E-state index contributed by atoms with van der Waals surface area (Å²) in [5, 5.41) is 8.55. The lowest BCUT2D eigenvalue weighted by molar-refractivity contribution is -0.139. The maximum atomic E-state index is 10.4. The molecule has 1 atom stereocenters. The molecule has 0 fully saturated rings. The Morgan fingerprint density at radius 1 is 1.31 bits per heavy atom. The Balaban J connectivity index is 2.46. The summed E-state index contributed by atoms with van der Waals surface area (Å²) in [6, 6.07) is 5.92. The van der Waals surface area contributed by atoms with Crippen LogP contribution in [-0.2, 0) is 4.79 Å². The van der Waals surface area contributed by atoms with E-state index in [9.17, 15) is 4.79 Å². The van der Waals surface area contributed by atoms with Gasteiger partial charge in [0, 0.05) is 0 Å². The van der Waals surface area contributed by atoms with Crippen LogP contribution in [-0.4, -0.2) is 30.3 Å². The smallest absolute Gasteiger partial charge is 0.324 e. The summed E-state index contributed by atoms with van der Waals surface area (Å²) in [6.07, 6.45) is 0. The van der Waals surface area contributed by atoms with Crippen molar-refractivity contribution < 1.29 is 19.4 Å². The average Bonchev–Trinajstić information content (AvgIpc) is 2.28. The number of carbonyl (C=O) groups is 1. The topological polar surface area (TPSA) is 81.8 Å². The highest BCUT2D eigenvalue weighted by Gasteiger charge is 2.11. The van der Waals surface area contributed by atoms with Crippen LogP contribution in [0.4, 0.5) is 0 Å². The highest BCUT2D eigenvalue weighted by atomic mass is 16.5. The molecule has 0 unspecified atom stereocenters. The standard InChI is InChI=1S/C11H15NO4/c1-2-15-8-3-5-9(6-4-8)16-7-10(12)11(13)14/h3-6,10H,2,7,12H2,1H3,(H,13,14)/t10-/m0/s1. The lowest BCUT2D eigenvalue weighted by atomic mass is 10.3. The van der Waals surface area contributed by atoms with E-state index in [0.29, 0.717) is 12.4 Å². The van der Waals surface area contributed by atoms with Crippen molar-refractivity contribution in [2.45, 2.75) is 13.0 Å². The molecule has 0 bridgehead atoms. The van der Waals surface area contributed by atoms with E-state index in [-0.39, 0.29) is 6.61 Å². The highest BCUT2D eigenvalue weighted by Crippen LogP contribution is 2.17. The number of ether oxygens (including phenoxy) is 2. The minimum atomic E-state index is -1.08. The lowest BCUT2D eigenvalue weighted by Crippen LogP contribution is -2.36. The van der Waals surface area contributed by atoms with Gasteiger partial charge in [-0.05, 0) is 31.2 Å². The van der Waals surface area contributed by atoms with E-state index in [4.69, 9.17) is 20.3 Å². The first-order valence-corrected chi connectivity index (χ1v) is 4.97. The molecule has 0 aliphatic carbocycles. The van der Waals surface area contributed by atoms with E-state index in [1.165, 1.54) is 0 Å². The largest absolute Gasteiger partial charge is 0.494 e. The molecule has 0 saturated heterocycles. The summed E-state index contributed by atoms with van der Waals surface area (Å²) < 4.78 is 10.5. The minimum absolute atomic E-state index is 0.0523. The Morgan fingerprint density at radius 2 is 1.81 bits per heavy atom. The fourth-order valence-corrected chi connectivity index (χ4v) is 1.06. The Morgan fingerprint density at radius 3 is 2.25 bits per heavy atom. The second-order valence-electron chi connectivity index (χ2n) is 3.16. The molecule has 3 N–H and O–H groups in total. The molecule has 0 heterocycles. The Bertz CT molecular complexity index is 336. The van der Waals surface area contributed by atoms with Crippen LogP contribution < -0.4 is 15.2 Å². The maximum Gasteiger partial charge on any atom is 0.324 e. The van der Waals surface area contributed by atoms with Crippen molar-refractivity contribution in [2.24, 2.45) is 5.73 Å². The zero-order chi connectivity index (χ0) is 12.0. The van der Waals surface area contributed by atoms with Crippen molar-refractivity contribution in [1.29, 1.82) is 0 Å². The van der Waals surface area contributed by atoms with Crippen molar-refractivity contribution in [3.05, 3.63) is 24.3 Å². The van der Waals surface area contributed by atoms with E-state index in [0.717, 1.165) is 5.75 Å². The predicted molar refractivity (Wildman–Crippen MR) is 58.7 cm³/mol. The third kappa shape index (κ3) is 3.78. The molecular formula is C11H15NO4. The molecule has 1 aromatic rings. The molecule has 1 rings (SSSR count). The number of hydrogen-bond acceptors (Lipinski definition) is 4. The van der Waals surface area contributed by atoms with Crippen LogP contribution in [0.5, 0.6) is 11.5 Å². The van der Waals surface area contributed by atoms with Crippen LogP contribution in [0.3, 0.4) is 0 Å². The fourth-order valence-electron chi connectivity index (χ4n) is 1.06. The fraction of sp³-hybridized carbons (Fsp3) is 0.364. The van der Waals surface area contributed by atoms with E-state index >= 15 is 0 Å². The van der Waals surface area contributed by atoms with E-state index in [1.54, 1.807) is 24.3 Å². The van der Waals surface area contributed by atoms with Gasteiger partial charge in [-0.1, -0.05) is 0 Å². The van der Waals surface area contributed by atoms with Crippen molar-refractivity contribution in [2.75, 3.05) is 13.2 Å². The number of carboxylic acid groups (broad SMARTS) is 1. The second-order valence-corrected chi connectivity index (χ2v) is 3.16. The molecule has 0 aliphatic rings. The number of nitrogens with two attached hydrogens (primary N) is 1. The first kappa shape index (κ1) is 12.3. The zero-order valence-corrected chi connectivity index (χ0v) is 9.05. The maximum absolute atomic E-state index is 10.4. The molecule has 0 radical (unpaired) electrons. The Kier molecular flexibility index (Phi) is 4.60. The first-order chi connectivity index (χ1) is 7.63. The number of hydrogen-bond donors (Lipinski definition) is 2. The van der Waals surface area contributed by atoms with Crippen LogP contribution in [0.25, 0.3) is 0 Å². The molecule has 5 nitrogen and oxygen atoms in total. The monoisotopic (exact) mass is 225 g/mol. The molecule has 1 aromatic carbocycles. The number of carboxylic acids is 1. The summed E-state index contributed by atoms with van der Waals surface area (Å²) in [6.45, 7) is 2.45. The first-order valence-electron chi connectivity index (χ1n) is 4.97. The number of rotatable bonds is 6. The predicted octanol–water partition coefficient (Wildman–Crippen LogP) is 0.876. The molecule has 0 spiro atoms. The molecule has 0 aliphatic heterocycles. The molecule has 0 saturated carbocycles.